The van der Waals surface area contributed by atoms with E-state index in [4.69, 9.17) is 4.74 Å². The third-order valence-corrected chi connectivity index (χ3v) is 10.6. The number of amides is 1. The Balaban J connectivity index is 4.78. The number of unbranched alkanes of at least 4 members (excludes halogenated alkanes) is 19. The summed E-state index contributed by atoms with van der Waals surface area (Å²) in [5.74, 6) is -0.584. The quantitative estimate of drug-likeness (QED) is 0.0323. The first-order chi connectivity index (χ1) is 30.0. The molecule has 0 saturated heterocycles. The van der Waals surface area contributed by atoms with Gasteiger partial charge < -0.3 is 20.3 Å². The van der Waals surface area contributed by atoms with Gasteiger partial charge in [0.1, 0.15) is 6.10 Å². The normalized spacial score (nSPS) is 14.2. The molecule has 0 aromatic carbocycles. The van der Waals surface area contributed by atoms with Gasteiger partial charge in [-0.3, -0.25) is 9.59 Å². The maximum atomic E-state index is 13.1. The minimum absolute atomic E-state index is 0.0110. The Morgan fingerprint density at radius 3 is 1.38 bits per heavy atom. The smallest absolute Gasteiger partial charge is 0.306 e. The molecule has 1 amide bonds. The second kappa shape index (κ2) is 47.6. The van der Waals surface area contributed by atoms with Crippen molar-refractivity contribution in [2.45, 2.75) is 219 Å². The fraction of sp³-hybridized carbons (Fsp3) is 0.636. The van der Waals surface area contributed by atoms with Gasteiger partial charge in [0, 0.05) is 6.42 Å². The van der Waals surface area contributed by atoms with Crippen LogP contribution in [0.4, 0.5) is 0 Å². The summed E-state index contributed by atoms with van der Waals surface area (Å²) < 4.78 is 5.88. The highest BCUT2D eigenvalue weighted by Gasteiger charge is 2.24. The Hall–Kier alpha value is -3.48. The van der Waals surface area contributed by atoms with E-state index in [0.29, 0.717) is 19.3 Å². The molecule has 3 unspecified atom stereocenters. The molecule has 0 bridgehead atoms. The molecule has 0 aromatic rings. The van der Waals surface area contributed by atoms with Crippen molar-refractivity contribution >= 4 is 11.9 Å². The van der Waals surface area contributed by atoms with Crippen LogP contribution in [-0.4, -0.2) is 46.9 Å². The predicted octanol–water partition coefficient (Wildman–Crippen LogP) is 14.7. The van der Waals surface area contributed by atoms with Gasteiger partial charge >= 0.3 is 5.97 Å². The van der Waals surface area contributed by atoms with Gasteiger partial charge in [0.05, 0.1) is 25.2 Å². The van der Waals surface area contributed by atoms with E-state index in [0.717, 1.165) is 83.5 Å². The summed E-state index contributed by atoms with van der Waals surface area (Å²) in [6, 6.07) is -0.736. The van der Waals surface area contributed by atoms with E-state index in [-0.39, 0.29) is 24.9 Å². The first-order valence-corrected chi connectivity index (χ1v) is 24.7. The number of esters is 1. The molecular weight excluding hydrogens is 755 g/mol. The van der Waals surface area contributed by atoms with Crippen molar-refractivity contribution in [1.29, 1.82) is 0 Å². The molecule has 0 saturated carbocycles. The molecule has 0 rings (SSSR count). The van der Waals surface area contributed by atoms with E-state index in [2.05, 4.69) is 74.7 Å². The molecule has 3 atom stereocenters. The molecule has 0 aliphatic rings. The number of rotatable bonds is 42. The van der Waals surface area contributed by atoms with Crippen LogP contribution >= 0.6 is 0 Å². The van der Waals surface area contributed by atoms with Crippen LogP contribution in [-0.2, 0) is 14.3 Å². The minimum Gasteiger partial charge on any atom is -0.462 e. The van der Waals surface area contributed by atoms with Gasteiger partial charge in [0.25, 0.3) is 0 Å². The standard InChI is InChI=1S/C55H91NO5/c1-4-7-10-13-16-19-21-23-25-26-27-29-31-33-36-39-42-45-48-55(60)61-51(46-43-40-37-35-32-30-28-24-22-20-17-14-11-8-5-2)49-54(59)56-52(50-57)53(58)47-44-41-38-34-18-15-12-9-6-3/h8,11,14,17,20-30,32,35,37,51-53,57-58H,4-7,9-10,12-13,15-16,18-19,31,33-34,36,38-50H2,1-3H3,(H,56,59)/b11-8-,17-14+,22-20+,23-21+,26-25+,28-24-,29-27+,32-30+,37-35+. The highest BCUT2D eigenvalue weighted by atomic mass is 16.5. The van der Waals surface area contributed by atoms with E-state index < -0.39 is 18.2 Å². The van der Waals surface area contributed by atoms with Crippen LogP contribution < -0.4 is 5.32 Å². The number of aliphatic hydroxyl groups excluding tert-OH is 2. The van der Waals surface area contributed by atoms with Crippen LogP contribution in [0.25, 0.3) is 0 Å². The topological polar surface area (TPSA) is 95.9 Å². The fourth-order valence-electron chi connectivity index (χ4n) is 6.82. The highest BCUT2D eigenvalue weighted by Crippen LogP contribution is 2.16. The average molecular weight is 846 g/mol. The summed E-state index contributed by atoms with van der Waals surface area (Å²) in [5.41, 5.74) is 0. The van der Waals surface area contributed by atoms with Crippen LogP contribution in [0.5, 0.6) is 0 Å². The van der Waals surface area contributed by atoms with Gasteiger partial charge in [0.2, 0.25) is 5.91 Å². The molecule has 0 spiro atoms. The molecule has 0 aliphatic heterocycles. The second-order valence-electron chi connectivity index (χ2n) is 16.3. The number of allylic oxidation sites excluding steroid dienone is 18. The maximum absolute atomic E-state index is 13.1. The van der Waals surface area contributed by atoms with Crippen LogP contribution in [0, 0.1) is 0 Å². The summed E-state index contributed by atoms with van der Waals surface area (Å²) in [5, 5.41) is 23.6. The number of aliphatic hydroxyl groups is 2. The number of carbonyl (C=O) groups excluding carboxylic acids is 2. The molecule has 6 heteroatoms. The van der Waals surface area contributed by atoms with Gasteiger partial charge in [-0.05, 0) is 64.2 Å². The number of hydrogen-bond donors (Lipinski definition) is 3. The first kappa shape index (κ1) is 57.5. The number of ether oxygens (including phenoxy) is 1. The molecule has 6 nitrogen and oxygen atoms in total. The van der Waals surface area contributed by atoms with E-state index >= 15 is 0 Å². The molecule has 0 radical (unpaired) electrons. The molecule has 0 aliphatic carbocycles. The largest absolute Gasteiger partial charge is 0.462 e. The van der Waals surface area contributed by atoms with E-state index in [1.54, 1.807) is 0 Å². The minimum atomic E-state index is -0.816. The zero-order valence-electron chi connectivity index (χ0n) is 39.2. The molecule has 0 aromatic heterocycles. The van der Waals surface area contributed by atoms with Crippen molar-refractivity contribution < 1.29 is 24.5 Å². The molecule has 3 N–H and O–H groups in total. The van der Waals surface area contributed by atoms with E-state index in [1.807, 2.05) is 60.8 Å². The van der Waals surface area contributed by atoms with Crippen molar-refractivity contribution in [3.63, 3.8) is 0 Å². The Kier molecular flexibility index (Phi) is 44.9. The van der Waals surface area contributed by atoms with Crippen molar-refractivity contribution in [3.8, 4) is 0 Å². The Morgan fingerprint density at radius 2 is 0.902 bits per heavy atom. The molecular formula is C55H91NO5. The van der Waals surface area contributed by atoms with E-state index in [1.165, 1.54) is 70.6 Å². The Bertz CT molecular complexity index is 1270. The van der Waals surface area contributed by atoms with Gasteiger partial charge in [-0.25, -0.2) is 0 Å². The average Bonchev–Trinajstić information content (AvgIpc) is 3.25. The van der Waals surface area contributed by atoms with E-state index in [9.17, 15) is 19.8 Å². The summed E-state index contributed by atoms with van der Waals surface area (Å²) in [6.45, 7) is 6.26. The van der Waals surface area contributed by atoms with Crippen molar-refractivity contribution in [2.75, 3.05) is 6.61 Å². The first-order valence-electron chi connectivity index (χ1n) is 24.7. The van der Waals surface area contributed by atoms with Crippen molar-refractivity contribution in [1.82, 2.24) is 5.32 Å². The number of carbonyl (C=O) groups is 2. The summed E-state index contributed by atoms with van der Waals surface area (Å²) in [7, 11) is 0. The predicted molar refractivity (Wildman–Crippen MR) is 263 cm³/mol. The van der Waals surface area contributed by atoms with Crippen LogP contribution in [0.3, 0.4) is 0 Å². The molecule has 0 fully saturated rings. The summed E-state index contributed by atoms with van der Waals surface area (Å²) in [6.07, 6.45) is 64.3. The van der Waals surface area contributed by atoms with Crippen LogP contribution in [0.2, 0.25) is 0 Å². The number of nitrogens with one attached hydrogen (secondary N) is 1. The number of hydrogen-bond acceptors (Lipinski definition) is 5. The second-order valence-corrected chi connectivity index (χ2v) is 16.3. The van der Waals surface area contributed by atoms with Crippen LogP contribution in [0.15, 0.2) is 109 Å². The lowest BCUT2D eigenvalue weighted by Crippen LogP contribution is -2.46. The molecule has 0 heterocycles. The van der Waals surface area contributed by atoms with Crippen molar-refractivity contribution in [2.24, 2.45) is 0 Å². The third kappa shape index (κ3) is 43.0. The third-order valence-electron chi connectivity index (χ3n) is 10.6. The Morgan fingerprint density at radius 1 is 0.492 bits per heavy atom. The van der Waals surface area contributed by atoms with Gasteiger partial charge in [-0.1, -0.05) is 233 Å². The van der Waals surface area contributed by atoms with Gasteiger partial charge in [-0.2, -0.15) is 0 Å². The Labute approximate surface area is 375 Å². The maximum Gasteiger partial charge on any atom is 0.306 e. The van der Waals surface area contributed by atoms with Crippen LogP contribution in [0.1, 0.15) is 201 Å². The zero-order chi connectivity index (χ0) is 44.5. The van der Waals surface area contributed by atoms with Gasteiger partial charge in [0.15, 0.2) is 0 Å². The molecule has 346 valence electrons. The lowest BCUT2D eigenvalue weighted by molar-refractivity contribution is -0.151. The lowest BCUT2D eigenvalue weighted by Gasteiger charge is -2.24. The van der Waals surface area contributed by atoms with Gasteiger partial charge in [-0.15, -0.1) is 0 Å². The summed E-state index contributed by atoms with van der Waals surface area (Å²) in [4.78, 5) is 26.1. The monoisotopic (exact) mass is 846 g/mol. The van der Waals surface area contributed by atoms with Crippen molar-refractivity contribution in [3.05, 3.63) is 109 Å². The molecule has 61 heavy (non-hydrogen) atoms. The SMILES string of the molecule is CC\C=C/C=C/C=C/C=C\C=C\C=C\CCCC(CC(=O)NC(CO)C(O)CCCCCCCCCCC)OC(=O)CCCCCCC/C=C/C=C/C=C/CCCCCCC. The fourth-order valence-corrected chi connectivity index (χ4v) is 6.82. The zero-order valence-corrected chi connectivity index (χ0v) is 39.2. The lowest BCUT2D eigenvalue weighted by atomic mass is 10.0. The summed E-state index contributed by atoms with van der Waals surface area (Å²) >= 11 is 0. The highest BCUT2D eigenvalue weighted by molar-refractivity contribution is 5.77.